The lowest BCUT2D eigenvalue weighted by molar-refractivity contribution is 0.167. The standard InChI is InChI=1S/C20H37N5S/c1-6-24(7-2)19(17-10-13-26-15-17)14-22-20(21-5)23-18-8-11-25(12-9-18)16(3)4/h10,13,15-16,18-19H,6-9,11-12,14H2,1-5H3,(H2,21,22,23). The second-order valence-electron chi connectivity index (χ2n) is 7.30. The van der Waals surface area contributed by atoms with Gasteiger partial charge in [-0.2, -0.15) is 11.3 Å². The number of piperidine rings is 1. The minimum atomic E-state index is 0.387. The maximum atomic E-state index is 4.47. The van der Waals surface area contributed by atoms with Gasteiger partial charge in [-0.3, -0.25) is 9.89 Å². The smallest absolute Gasteiger partial charge is 0.191 e. The van der Waals surface area contributed by atoms with Crippen LogP contribution in [0, 0.1) is 0 Å². The van der Waals surface area contributed by atoms with Crippen molar-refractivity contribution in [3.05, 3.63) is 22.4 Å². The van der Waals surface area contributed by atoms with Gasteiger partial charge in [0.1, 0.15) is 0 Å². The Morgan fingerprint density at radius 3 is 2.50 bits per heavy atom. The second kappa shape index (κ2) is 10.9. The van der Waals surface area contributed by atoms with Gasteiger partial charge in [0.15, 0.2) is 5.96 Å². The number of nitrogens with one attached hydrogen (secondary N) is 2. The van der Waals surface area contributed by atoms with E-state index in [0.29, 0.717) is 18.1 Å². The summed E-state index contributed by atoms with van der Waals surface area (Å²) >= 11 is 1.77. The van der Waals surface area contributed by atoms with Gasteiger partial charge in [0.25, 0.3) is 0 Å². The highest BCUT2D eigenvalue weighted by Gasteiger charge is 2.22. The second-order valence-corrected chi connectivity index (χ2v) is 8.08. The molecule has 1 atom stereocenters. The zero-order valence-corrected chi connectivity index (χ0v) is 18.0. The van der Waals surface area contributed by atoms with Crippen molar-refractivity contribution in [2.24, 2.45) is 4.99 Å². The number of nitrogens with zero attached hydrogens (tertiary/aromatic N) is 3. The van der Waals surface area contributed by atoms with Crippen molar-refractivity contribution in [2.75, 3.05) is 39.8 Å². The summed E-state index contributed by atoms with van der Waals surface area (Å²) in [5, 5.41) is 11.6. The van der Waals surface area contributed by atoms with Gasteiger partial charge in [-0.05, 0) is 62.2 Å². The Balaban J connectivity index is 1.88. The molecule has 2 rings (SSSR count). The van der Waals surface area contributed by atoms with Crippen molar-refractivity contribution in [3.8, 4) is 0 Å². The number of thiophene rings is 1. The van der Waals surface area contributed by atoms with Crippen molar-refractivity contribution in [2.45, 2.75) is 58.7 Å². The van der Waals surface area contributed by atoms with Gasteiger partial charge in [0.05, 0.1) is 6.04 Å². The lowest BCUT2D eigenvalue weighted by atomic mass is 10.0. The molecule has 148 valence electrons. The van der Waals surface area contributed by atoms with E-state index in [1.807, 2.05) is 7.05 Å². The molecule has 0 radical (unpaired) electrons. The third-order valence-corrected chi connectivity index (χ3v) is 6.17. The van der Waals surface area contributed by atoms with Crippen LogP contribution in [0.5, 0.6) is 0 Å². The molecule has 26 heavy (non-hydrogen) atoms. The van der Waals surface area contributed by atoms with Crippen molar-refractivity contribution in [3.63, 3.8) is 0 Å². The van der Waals surface area contributed by atoms with Crippen LogP contribution in [0.3, 0.4) is 0 Å². The van der Waals surface area contributed by atoms with E-state index in [4.69, 9.17) is 0 Å². The molecule has 1 aromatic heterocycles. The SMILES string of the molecule is CCN(CC)C(CNC(=NC)NC1CCN(C(C)C)CC1)c1ccsc1. The molecule has 0 bridgehead atoms. The van der Waals surface area contributed by atoms with Crippen molar-refractivity contribution >= 4 is 17.3 Å². The molecule has 0 aromatic carbocycles. The number of rotatable bonds is 8. The van der Waals surface area contributed by atoms with Gasteiger partial charge in [-0.15, -0.1) is 0 Å². The van der Waals surface area contributed by atoms with E-state index in [2.05, 4.69) is 69.9 Å². The lowest BCUT2D eigenvalue weighted by Crippen LogP contribution is -2.51. The molecule has 2 heterocycles. The molecule has 1 fully saturated rings. The highest BCUT2D eigenvalue weighted by Crippen LogP contribution is 2.22. The number of hydrogen-bond donors (Lipinski definition) is 2. The molecule has 0 spiro atoms. The maximum Gasteiger partial charge on any atom is 0.191 e. The first-order valence-electron chi connectivity index (χ1n) is 10.1. The molecule has 1 saturated heterocycles. The highest BCUT2D eigenvalue weighted by molar-refractivity contribution is 7.07. The van der Waals surface area contributed by atoms with Crippen LogP contribution in [-0.4, -0.2) is 67.6 Å². The summed E-state index contributed by atoms with van der Waals surface area (Å²) in [6.45, 7) is 14.4. The molecular formula is C20H37N5S. The first-order valence-corrected chi connectivity index (χ1v) is 11.0. The highest BCUT2D eigenvalue weighted by atomic mass is 32.1. The van der Waals surface area contributed by atoms with Crippen LogP contribution in [0.1, 0.15) is 52.1 Å². The summed E-state index contributed by atoms with van der Waals surface area (Å²) in [5.41, 5.74) is 1.40. The Bertz CT molecular complexity index is 516. The van der Waals surface area contributed by atoms with Crippen LogP contribution in [0.2, 0.25) is 0 Å². The molecule has 0 saturated carbocycles. The Kier molecular flexibility index (Phi) is 8.88. The summed E-state index contributed by atoms with van der Waals surface area (Å²) in [4.78, 5) is 9.53. The Morgan fingerprint density at radius 2 is 2.00 bits per heavy atom. The summed E-state index contributed by atoms with van der Waals surface area (Å²) < 4.78 is 0. The maximum absolute atomic E-state index is 4.47. The van der Waals surface area contributed by atoms with Crippen LogP contribution >= 0.6 is 11.3 Å². The van der Waals surface area contributed by atoms with Gasteiger partial charge in [-0.1, -0.05) is 13.8 Å². The molecule has 0 amide bonds. The van der Waals surface area contributed by atoms with E-state index in [9.17, 15) is 0 Å². The average Bonchev–Trinajstić information content (AvgIpc) is 3.18. The monoisotopic (exact) mass is 379 g/mol. The summed E-state index contributed by atoms with van der Waals surface area (Å²) in [5.74, 6) is 0.931. The van der Waals surface area contributed by atoms with E-state index in [1.165, 1.54) is 31.5 Å². The molecular weight excluding hydrogens is 342 g/mol. The van der Waals surface area contributed by atoms with Crippen LogP contribution < -0.4 is 10.6 Å². The fourth-order valence-electron chi connectivity index (χ4n) is 3.73. The summed E-state index contributed by atoms with van der Waals surface area (Å²) in [7, 11) is 1.87. The Morgan fingerprint density at radius 1 is 1.31 bits per heavy atom. The fraction of sp³-hybridized carbons (Fsp3) is 0.750. The number of guanidine groups is 1. The van der Waals surface area contributed by atoms with E-state index in [0.717, 1.165) is 25.6 Å². The molecule has 1 aliphatic heterocycles. The van der Waals surface area contributed by atoms with Gasteiger partial charge in [-0.25, -0.2) is 0 Å². The zero-order valence-electron chi connectivity index (χ0n) is 17.2. The largest absolute Gasteiger partial charge is 0.354 e. The van der Waals surface area contributed by atoms with E-state index in [1.54, 1.807) is 11.3 Å². The third kappa shape index (κ3) is 5.96. The number of likely N-dealkylation sites (N-methyl/N-ethyl adjacent to an activating group) is 1. The van der Waals surface area contributed by atoms with Crippen LogP contribution in [0.25, 0.3) is 0 Å². The Hall–Kier alpha value is -1.11. The molecule has 2 N–H and O–H groups in total. The van der Waals surface area contributed by atoms with E-state index < -0.39 is 0 Å². The van der Waals surface area contributed by atoms with Gasteiger partial charge < -0.3 is 15.5 Å². The van der Waals surface area contributed by atoms with Crippen molar-refractivity contribution < 1.29 is 0 Å². The van der Waals surface area contributed by atoms with Gasteiger partial charge >= 0.3 is 0 Å². The predicted molar refractivity (Wildman–Crippen MR) is 114 cm³/mol. The minimum absolute atomic E-state index is 0.387. The van der Waals surface area contributed by atoms with Crippen LogP contribution in [0.15, 0.2) is 21.8 Å². The Labute approximate surface area is 163 Å². The lowest BCUT2D eigenvalue weighted by Gasteiger charge is -2.36. The predicted octanol–water partition coefficient (Wildman–Crippen LogP) is 3.17. The molecule has 1 aliphatic rings. The van der Waals surface area contributed by atoms with Crippen LogP contribution in [-0.2, 0) is 0 Å². The van der Waals surface area contributed by atoms with Crippen LogP contribution in [0.4, 0.5) is 0 Å². The number of likely N-dealkylation sites (tertiary alicyclic amines) is 1. The molecule has 1 unspecified atom stereocenters. The van der Waals surface area contributed by atoms with Crippen molar-refractivity contribution in [1.82, 2.24) is 20.4 Å². The molecule has 5 nitrogen and oxygen atoms in total. The zero-order chi connectivity index (χ0) is 18.9. The minimum Gasteiger partial charge on any atom is -0.354 e. The first kappa shape index (κ1) is 21.2. The van der Waals surface area contributed by atoms with Gasteiger partial charge in [0.2, 0.25) is 0 Å². The third-order valence-electron chi connectivity index (χ3n) is 5.47. The molecule has 1 aromatic rings. The van der Waals surface area contributed by atoms with Crippen molar-refractivity contribution in [1.29, 1.82) is 0 Å². The summed E-state index contributed by atoms with van der Waals surface area (Å²) in [6, 6.07) is 3.79. The molecule has 6 heteroatoms. The molecule has 0 aliphatic carbocycles. The quantitative estimate of drug-likeness (QED) is 0.538. The van der Waals surface area contributed by atoms with E-state index in [-0.39, 0.29) is 0 Å². The normalized spacial score (nSPS) is 18.5. The number of hydrogen-bond acceptors (Lipinski definition) is 4. The fourth-order valence-corrected chi connectivity index (χ4v) is 4.44. The first-order chi connectivity index (χ1) is 12.6. The summed E-state index contributed by atoms with van der Waals surface area (Å²) in [6.07, 6.45) is 2.37. The topological polar surface area (TPSA) is 42.9 Å². The van der Waals surface area contributed by atoms with E-state index >= 15 is 0 Å². The average molecular weight is 380 g/mol. The van der Waals surface area contributed by atoms with Gasteiger partial charge in [0, 0.05) is 38.8 Å². The number of aliphatic imine (C=N–C) groups is 1.